The molecule has 1 heterocycles. The van der Waals surface area contributed by atoms with Gasteiger partial charge in [0.2, 0.25) is 5.91 Å². The summed E-state index contributed by atoms with van der Waals surface area (Å²) in [4.78, 5) is 14.3. The van der Waals surface area contributed by atoms with Crippen LogP contribution in [0.4, 0.5) is 5.69 Å². The van der Waals surface area contributed by atoms with Gasteiger partial charge in [-0.25, -0.2) is 0 Å². The number of benzene rings is 1. The van der Waals surface area contributed by atoms with Crippen LogP contribution in [0.5, 0.6) is 5.75 Å². The molecule has 0 unspecified atom stereocenters. The number of nitrogens with one attached hydrogen (secondary N) is 1. The zero-order valence-corrected chi connectivity index (χ0v) is 12.1. The van der Waals surface area contributed by atoms with Crippen LogP contribution < -0.4 is 10.1 Å². The molecule has 1 fully saturated rings. The largest absolute Gasteiger partial charge is 0.495 e. The van der Waals surface area contributed by atoms with E-state index in [4.69, 9.17) is 9.47 Å². The average molecular weight is 278 g/mol. The first kappa shape index (κ1) is 14.8. The molecule has 20 heavy (non-hydrogen) atoms. The second kappa shape index (κ2) is 7.26. The van der Waals surface area contributed by atoms with Crippen molar-refractivity contribution in [3.05, 3.63) is 23.8 Å². The molecule has 1 aromatic carbocycles. The summed E-state index contributed by atoms with van der Waals surface area (Å²) >= 11 is 0. The van der Waals surface area contributed by atoms with E-state index in [0.717, 1.165) is 44.1 Å². The van der Waals surface area contributed by atoms with Crippen molar-refractivity contribution in [1.29, 1.82) is 0 Å². The third-order valence-corrected chi connectivity index (χ3v) is 3.39. The Labute approximate surface area is 119 Å². The minimum atomic E-state index is 0.0143. The van der Waals surface area contributed by atoms with Gasteiger partial charge in [-0.1, -0.05) is 6.07 Å². The van der Waals surface area contributed by atoms with Crippen LogP contribution >= 0.6 is 0 Å². The first-order valence-electron chi connectivity index (χ1n) is 6.93. The first-order chi connectivity index (χ1) is 9.69. The molecular formula is C15H22N2O3. The molecule has 0 saturated carbocycles. The number of methoxy groups -OCH3 is 1. The van der Waals surface area contributed by atoms with E-state index >= 15 is 0 Å². The molecule has 110 valence electrons. The SMILES string of the molecule is COc1ccc(C)cc1NC(=O)CCN1CCOCC1. The molecule has 0 aliphatic carbocycles. The molecule has 1 saturated heterocycles. The Morgan fingerprint density at radius 1 is 1.40 bits per heavy atom. The average Bonchev–Trinajstić information content (AvgIpc) is 2.46. The van der Waals surface area contributed by atoms with Crippen LogP contribution in [0.2, 0.25) is 0 Å². The molecule has 0 radical (unpaired) electrons. The number of hydrogen-bond donors (Lipinski definition) is 1. The van der Waals surface area contributed by atoms with Gasteiger partial charge in [0.15, 0.2) is 0 Å². The lowest BCUT2D eigenvalue weighted by Gasteiger charge is -2.26. The molecular weight excluding hydrogens is 256 g/mol. The van der Waals surface area contributed by atoms with Crippen molar-refractivity contribution in [3.8, 4) is 5.75 Å². The topological polar surface area (TPSA) is 50.8 Å². The van der Waals surface area contributed by atoms with E-state index < -0.39 is 0 Å². The van der Waals surface area contributed by atoms with Crippen molar-refractivity contribution < 1.29 is 14.3 Å². The summed E-state index contributed by atoms with van der Waals surface area (Å²) in [7, 11) is 1.61. The summed E-state index contributed by atoms with van der Waals surface area (Å²) in [6.45, 7) is 6.08. The molecule has 0 bridgehead atoms. The maximum atomic E-state index is 12.0. The number of hydrogen-bond acceptors (Lipinski definition) is 4. The number of amides is 1. The van der Waals surface area contributed by atoms with Gasteiger partial charge in [0.1, 0.15) is 5.75 Å². The molecule has 1 aliphatic rings. The highest BCUT2D eigenvalue weighted by Crippen LogP contribution is 2.25. The summed E-state index contributed by atoms with van der Waals surface area (Å²) in [6, 6.07) is 5.75. The molecule has 0 spiro atoms. The number of nitrogens with zero attached hydrogens (tertiary/aromatic N) is 1. The van der Waals surface area contributed by atoms with E-state index in [2.05, 4.69) is 10.2 Å². The number of anilines is 1. The number of rotatable bonds is 5. The van der Waals surface area contributed by atoms with Crippen LogP contribution in [-0.4, -0.2) is 50.8 Å². The minimum Gasteiger partial charge on any atom is -0.495 e. The zero-order chi connectivity index (χ0) is 14.4. The Kier molecular flexibility index (Phi) is 5.38. The van der Waals surface area contributed by atoms with Gasteiger partial charge in [0.05, 0.1) is 26.0 Å². The Balaban J connectivity index is 1.86. The minimum absolute atomic E-state index is 0.0143. The number of carbonyl (C=O) groups excluding carboxylic acids is 1. The van der Waals surface area contributed by atoms with Gasteiger partial charge >= 0.3 is 0 Å². The van der Waals surface area contributed by atoms with Gasteiger partial charge in [-0.2, -0.15) is 0 Å². The lowest BCUT2D eigenvalue weighted by atomic mass is 10.2. The Hall–Kier alpha value is -1.59. The third kappa shape index (κ3) is 4.21. The van der Waals surface area contributed by atoms with Crippen molar-refractivity contribution in [2.75, 3.05) is 45.3 Å². The van der Waals surface area contributed by atoms with E-state index in [1.807, 2.05) is 25.1 Å². The molecule has 1 N–H and O–H groups in total. The number of ether oxygens (including phenoxy) is 2. The molecule has 5 nitrogen and oxygen atoms in total. The highest BCUT2D eigenvalue weighted by atomic mass is 16.5. The lowest BCUT2D eigenvalue weighted by Crippen LogP contribution is -2.38. The third-order valence-electron chi connectivity index (χ3n) is 3.39. The number of carbonyl (C=O) groups is 1. The molecule has 1 amide bonds. The van der Waals surface area contributed by atoms with Crippen molar-refractivity contribution >= 4 is 11.6 Å². The van der Waals surface area contributed by atoms with E-state index in [0.29, 0.717) is 12.2 Å². The highest BCUT2D eigenvalue weighted by molar-refractivity contribution is 5.92. The predicted octanol–water partition coefficient (Wildman–Crippen LogP) is 1.66. The molecule has 1 aliphatic heterocycles. The van der Waals surface area contributed by atoms with Crippen molar-refractivity contribution in [3.63, 3.8) is 0 Å². The maximum absolute atomic E-state index is 12.0. The van der Waals surface area contributed by atoms with Gasteiger partial charge in [-0.15, -0.1) is 0 Å². The smallest absolute Gasteiger partial charge is 0.225 e. The summed E-state index contributed by atoms with van der Waals surface area (Å²) in [6.07, 6.45) is 0.483. The van der Waals surface area contributed by atoms with Crippen molar-refractivity contribution in [1.82, 2.24) is 4.90 Å². The lowest BCUT2D eigenvalue weighted by molar-refractivity contribution is -0.116. The second-order valence-electron chi connectivity index (χ2n) is 4.96. The highest BCUT2D eigenvalue weighted by Gasteiger charge is 2.13. The van der Waals surface area contributed by atoms with Crippen LogP contribution in [0.25, 0.3) is 0 Å². The molecule has 0 atom stereocenters. The van der Waals surface area contributed by atoms with Crippen LogP contribution in [-0.2, 0) is 9.53 Å². The molecule has 0 aromatic heterocycles. The Morgan fingerprint density at radius 2 is 2.15 bits per heavy atom. The second-order valence-corrected chi connectivity index (χ2v) is 4.96. The fraction of sp³-hybridized carbons (Fsp3) is 0.533. The standard InChI is InChI=1S/C15H22N2O3/c1-12-3-4-14(19-2)13(11-12)16-15(18)5-6-17-7-9-20-10-8-17/h3-4,11H,5-10H2,1-2H3,(H,16,18). The number of morpholine rings is 1. The van der Waals surface area contributed by atoms with E-state index in [-0.39, 0.29) is 5.91 Å². The predicted molar refractivity (Wildman–Crippen MR) is 78.2 cm³/mol. The quantitative estimate of drug-likeness (QED) is 0.890. The van der Waals surface area contributed by atoms with Crippen LogP contribution in [0.15, 0.2) is 18.2 Å². The summed E-state index contributed by atoms with van der Waals surface area (Å²) in [5.41, 5.74) is 1.83. The van der Waals surface area contributed by atoms with Gasteiger partial charge < -0.3 is 14.8 Å². The van der Waals surface area contributed by atoms with E-state index in [1.54, 1.807) is 7.11 Å². The van der Waals surface area contributed by atoms with Gasteiger partial charge in [0.25, 0.3) is 0 Å². The van der Waals surface area contributed by atoms with Crippen LogP contribution in [0.3, 0.4) is 0 Å². The molecule has 2 rings (SSSR count). The summed E-state index contributed by atoms with van der Waals surface area (Å²) in [5.74, 6) is 0.704. The van der Waals surface area contributed by atoms with Gasteiger partial charge in [0, 0.05) is 26.1 Å². The van der Waals surface area contributed by atoms with Crippen LogP contribution in [0, 0.1) is 6.92 Å². The van der Waals surface area contributed by atoms with Crippen molar-refractivity contribution in [2.24, 2.45) is 0 Å². The first-order valence-corrected chi connectivity index (χ1v) is 6.93. The van der Waals surface area contributed by atoms with Gasteiger partial charge in [-0.3, -0.25) is 9.69 Å². The van der Waals surface area contributed by atoms with Gasteiger partial charge in [-0.05, 0) is 24.6 Å². The normalized spacial score (nSPS) is 15.9. The molecule has 1 aromatic rings. The van der Waals surface area contributed by atoms with E-state index in [9.17, 15) is 4.79 Å². The maximum Gasteiger partial charge on any atom is 0.225 e. The van der Waals surface area contributed by atoms with Crippen molar-refractivity contribution in [2.45, 2.75) is 13.3 Å². The fourth-order valence-corrected chi connectivity index (χ4v) is 2.22. The fourth-order valence-electron chi connectivity index (χ4n) is 2.22. The van der Waals surface area contributed by atoms with E-state index in [1.165, 1.54) is 0 Å². The zero-order valence-electron chi connectivity index (χ0n) is 12.1. The Bertz CT molecular complexity index is 456. The monoisotopic (exact) mass is 278 g/mol. The Morgan fingerprint density at radius 3 is 2.85 bits per heavy atom. The summed E-state index contributed by atoms with van der Waals surface area (Å²) in [5, 5.41) is 2.92. The summed E-state index contributed by atoms with van der Waals surface area (Å²) < 4.78 is 10.5. The van der Waals surface area contributed by atoms with Crippen LogP contribution in [0.1, 0.15) is 12.0 Å². The number of aryl methyl sites for hydroxylation is 1. The molecule has 5 heteroatoms.